The molecule has 0 unspecified atom stereocenters. The van der Waals surface area contributed by atoms with Crippen molar-refractivity contribution in [1.82, 2.24) is 14.9 Å². The van der Waals surface area contributed by atoms with Crippen molar-refractivity contribution in [3.05, 3.63) is 64.2 Å². The lowest BCUT2D eigenvalue weighted by molar-refractivity contribution is -0.137. The van der Waals surface area contributed by atoms with Gasteiger partial charge in [0.1, 0.15) is 5.82 Å². The molecule has 2 heterocycles. The van der Waals surface area contributed by atoms with Gasteiger partial charge in [0.2, 0.25) is 0 Å². The number of alkyl halides is 3. The number of nitrogens with one attached hydrogen (secondary N) is 2. The molecule has 0 aliphatic heterocycles. The zero-order valence-corrected chi connectivity index (χ0v) is 14.2. The Morgan fingerprint density at radius 3 is 2.65 bits per heavy atom. The SMILES string of the molecule is CN(C)Cc1cc2cc[nH]c(=O)c2c(Nc2cccc(C(F)(F)F)c2)n1. The quantitative estimate of drug-likeness (QED) is 0.742. The number of hydrogen-bond acceptors (Lipinski definition) is 4. The van der Waals surface area contributed by atoms with Crippen LogP contribution in [0, 0.1) is 0 Å². The third-order valence-electron chi connectivity index (χ3n) is 3.74. The summed E-state index contributed by atoms with van der Waals surface area (Å²) < 4.78 is 38.8. The number of aromatic amines is 1. The summed E-state index contributed by atoms with van der Waals surface area (Å²) in [6, 6.07) is 8.31. The van der Waals surface area contributed by atoms with Crippen molar-refractivity contribution in [2.24, 2.45) is 0 Å². The Morgan fingerprint density at radius 1 is 1.19 bits per heavy atom. The minimum absolute atomic E-state index is 0.207. The molecule has 0 aliphatic rings. The van der Waals surface area contributed by atoms with E-state index in [9.17, 15) is 18.0 Å². The molecule has 0 saturated heterocycles. The minimum atomic E-state index is -4.45. The maximum Gasteiger partial charge on any atom is 0.416 e. The Morgan fingerprint density at radius 2 is 1.96 bits per heavy atom. The maximum absolute atomic E-state index is 12.9. The van der Waals surface area contributed by atoms with Gasteiger partial charge in [-0.2, -0.15) is 13.2 Å². The largest absolute Gasteiger partial charge is 0.416 e. The van der Waals surface area contributed by atoms with Gasteiger partial charge >= 0.3 is 6.18 Å². The van der Waals surface area contributed by atoms with Crippen molar-refractivity contribution in [1.29, 1.82) is 0 Å². The Kier molecular flexibility index (Phi) is 4.69. The van der Waals surface area contributed by atoms with Crippen LogP contribution in [0.15, 0.2) is 47.4 Å². The standard InChI is InChI=1S/C18H17F3N4O/c1-25(2)10-14-8-11-6-7-22-17(26)15(11)16(24-14)23-13-5-3-4-12(9-13)18(19,20)21/h3-9H,10H2,1-2H3,(H,22,26)(H,23,24). The van der Waals surface area contributed by atoms with Crippen molar-refractivity contribution in [3.63, 3.8) is 0 Å². The summed E-state index contributed by atoms with van der Waals surface area (Å²) in [6.07, 6.45) is -2.92. The average Bonchev–Trinajstić information content (AvgIpc) is 2.53. The zero-order valence-electron chi connectivity index (χ0n) is 14.2. The number of aromatic nitrogens is 2. The molecule has 136 valence electrons. The predicted octanol–water partition coefficient (Wildman–Crippen LogP) is 3.75. The molecule has 0 amide bonds. The monoisotopic (exact) mass is 362 g/mol. The molecule has 3 rings (SSSR count). The first-order chi connectivity index (χ1) is 12.2. The van der Waals surface area contributed by atoms with E-state index in [-0.39, 0.29) is 17.1 Å². The van der Waals surface area contributed by atoms with Crippen LogP contribution in [0.4, 0.5) is 24.7 Å². The number of H-pyrrole nitrogens is 1. The van der Waals surface area contributed by atoms with Crippen molar-refractivity contribution < 1.29 is 13.2 Å². The molecular weight excluding hydrogens is 345 g/mol. The normalized spacial score (nSPS) is 11.9. The van der Waals surface area contributed by atoms with Gasteiger partial charge in [0, 0.05) is 18.4 Å². The van der Waals surface area contributed by atoms with Gasteiger partial charge in [-0.3, -0.25) is 4.79 Å². The molecule has 0 saturated carbocycles. The molecule has 3 aromatic rings. The number of fused-ring (bicyclic) bond motifs is 1. The Balaban J connectivity index is 2.10. The topological polar surface area (TPSA) is 61.0 Å². The molecular formula is C18H17F3N4O. The van der Waals surface area contributed by atoms with Crippen molar-refractivity contribution in [2.75, 3.05) is 19.4 Å². The second-order valence-electron chi connectivity index (χ2n) is 6.17. The summed E-state index contributed by atoms with van der Waals surface area (Å²) in [5.41, 5.74) is -0.229. The van der Waals surface area contributed by atoms with Gasteiger partial charge in [-0.05, 0) is 49.8 Å². The molecule has 0 bridgehead atoms. The number of benzene rings is 1. The lowest BCUT2D eigenvalue weighted by Crippen LogP contribution is -2.14. The van der Waals surface area contributed by atoms with Gasteiger partial charge in [0.25, 0.3) is 5.56 Å². The molecule has 0 radical (unpaired) electrons. The molecule has 0 spiro atoms. The van der Waals surface area contributed by atoms with E-state index in [1.807, 2.05) is 19.0 Å². The van der Waals surface area contributed by atoms with Crippen LogP contribution in [0.25, 0.3) is 10.8 Å². The second-order valence-corrected chi connectivity index (χ2v) is 6.17. The van der Waals surface area contributed by atoms with Crippen LogP contribution in [0.2, 0.25) is 0 Å². The Hall–Kier alpha value is -2.87. The van der Waals surface area contributed by atoms with E-state index in [1.54, 1.807) is 12.1 Å². The summed E-state index contributed by atoms with van der Waals surface area (Å²) in [5, 5.41) is 3.82. The van der Waals surface area contributed by atoms with E-state index in [1.165, 1.54) is 18.3 Å². The van der Waals surface area contributed by atoms with Crippen LogP contribution in [0.3, 0.4) is 0 Å². The van der Waals surface area contributed by atoms with Gasteiger partial charge in [0.15, 0.2) is 0 Å². The Labute approximate surface area is 147 Å². The molecule has 26 heavy (non-hydrogen) atoms. The molecule has 0 atom stereocenters. The van der Waals surface area contributed by atoms with Gasteiger partial charge in [-0.25, -0.2) is 4.98 Å². The number of halogens is 3. The van der Waals surface area contributed by atoms with Crippen LogP contribution >= 0.6 is 0 Å². The highest BCUT2D eigenvalue weighted by Crippen LogP contribution is 2.32. The fourth-order valence-electron chi connectivity index (χ4n) is 2.67. The summed E-state index contributed by atoms with van der Waals surface area (Å²) in [4.78, 5) is 21.1. The number of pyridine rings is 2. The first-order valence-electron chi connectivity index (χ1n) is 7.84. The van der Waals surface area contributed by atoms with Gasteiger partial charge < -0.3 is 15.2 Å². The van der Waals surface area contributed by atoms with Crippen LogP contribution < -0.4 is 10.9 Å². The summed E-state index contributed by atoms with van der Waals surface area (Å²) in [7, 11) is 3.76. The minimum Gasteiger partial charge on any atom is -0.340 e. The van der Waals surface area contributed by atoms with Gasteiger partial charge in [-0.15, -0.1) is 0 Å². The maximum atomic E-state index is 12.9. The summed E-state index contributed by atoms with van der Waals surface area (Å²) in [6.45, 7) is 0.528. The number of nitrogens with zero attached hydrogens (tertiary/aromatic N) is 2. The molecule has 0 aliphatic carbocycles. The highest BCUT2D eigenvalue weighted by Gasteiger charge is 2.30. The fourth-order valence-corrected chi connectivity index (χ4v) is 2.67. The van der Waals surface area contributed by atoms with Crippen LogP contribution in [-0.4, -0.2) is 29.0 Å². The van der Waals surface area contributed by atoms with E-state index in [4.69, 9.17) is 0 Å². The molecule has 1 aromatic carbocycles. The van der Waals surface area contributed by atoms with Crippen LogP contribution in [0.1, 0.15) is 11.3 Å². The smallest absolute Gasteiger partial charge is 0.340 e. The van der Waals surface area contributed by atoms with E-state index in [0.29, 0.717) is 23.0 Å². The van der Waals surface area contributed by atoms with E-state index in [0.717, 1.165) is 12.1 Å². The molecule has 2 aromatic heterocycles. The third-order valence-corrected chi connectivity index (χ3v) is 3.74. The zero-order chi connectivity index (χ0) is 18.9. The van der Waals surface area contributed by atoms with Crippen molar-refractivity contribution in [3.8, 4) is 0 Å². The number of hydrogen-bond donors (Lipinski definition) is 2. The summed E-state index contributed by atoms with van der Waals surface area (Å²) in [5.74, 6) is 0.223. The third kappa shape index (κ3) is 3.85. The van der Waals surface area contributed by atoms with Crippen LogP contribution in [-0.2, 0) is 12.7 Å². The van der Waals surface area contributed by atoms with Crippen LogP contribution in [0.5, 0.6) is 0 Å². The molecule has 0 fully saturated rings. The first kappa shape index (κ1) is 17.9. The highest BCUT2D eigenvalue weighted by atomic mass is 19.4. The predicted molar refractivity (Wildman–Crippen MR) is 94.5 cm³/mol. The lowest BCUT2D eigenvalue weighted by Gasteiger charge is -2.14. The van der Waals surface area contributed by atoms with Gasteiger partial charge in [0.05, 0.1) is 16.6 Å². The summed E-state index contributed by atoms with van der Waals surface area (Å²) >= 11 is 0. The lowest BCUT2D eigenvalue weighted by atomic mass is 10.1. The molecule has 8 heteroatoms. The number of rotatable bonds is 4. The number of anilines is 2. The fraction of sp³-hybridized carbons (Fsp3) is 0.222. The Bertz CT molecular complexity index is 996. The molecule has 2 N–H and O–H groups in total. The van der Waals surface area contributed by atoms with E-state index in [2.05, 4.69) is 15.3 Å². The average molecular weight is 362 g/mol. The molecule has 5 nitrogen and oxygen atoms in total. The highest BCUT2D eigenvalue weighted by molar-refractivity contribution is 5.92. The van der Waals surface area contributed by atoms with E-state index >= 15 is 0 Å². The second kappa shape index (κ2) is 6.80. The van der Waals surface area contributed by atoms with E-state index < -0.39 is 11.7 Å². The van der Waals surface area contributed by atoms with Gasteiger partial charge in [-0.1, -0.05) is 6.07 Å². The van der Waals surface area contributed by atoms with Crippen molar-refractivity contribution in [2.45, 2.75) is 12.7 Å². The first-order valence-corrected chi connectivity index (χ1v) is 7.84. The van der Waals surface area contributed by atoms with Crippen molar-refractivity contribution >= 4 is 22.3 Å².